The van der Waals surface area contributed by atoms with E-state index in [1.165, 1.54) is 0 Å². The number of ether oxygens (including phenoxy) is 1. The Morgan fingerprint density at radius 1 is 1.45 bits per heavy atom. The highest BCUT2D eigenvalue weighted by Gasteiger charge is 2.38. The Morgan fingerprint density at radius 2 is 2.15 bits per heavy atom. The fourth-order valence-electron chi connectivity index (χ4n) is 2.62. The Balaban J connectivity index is 2.81. The molecule has 0 aliphatic carbocycles. The van der Waals surface area contributed by atoms with Crippen molar-refractivity contribution in [2.45, 2.75) is 65.0 Å². The second-order valence-corrected chi connectivity index (χ2v) is 5.94. The molecular weight excluding hydrogens is 256 g/mol. The third kappa shape index (κ3) is 4.47. The summed E-state index contributed by atoms with van der Waals surface area (Å²) in [6, 6.07) is -0.175. The molecule has 0 bridgehead atoms. The molecule has 0 aromatic heterocycles. The van der Waals surface area contributed by atoms with Crippen molar-refractivity contribution >= 4 is 11.9 Å². The molecule has 20 heavy (non-hydrogen) atoms. The van der Waals surface area contributed by atoms with E-state index in [0.29, 0.717) is 6.61 Å². The molecule has 5 heteroatoms. The van der Waals surface area contributed by atoms with Gasteiger partial charge in [-0.3, -0.25) is 9.59 Å². The Bertz CT molecular complexity index is 342. The summed E-state index contributed by atoms with van der Waals surface area (Å²) in [4.78, 5) is 26.1. The van der Waals surface area contributed by atoms with Crippen LogP contribution in [0.25, 0.3) is 0 Å². The molecule has 1 N–H and O–H groups in total. The highest BCUT2D eigenvalue weighted by molar-refractivity contribution is 5.86. The molecule has 1 aliphatic rings. The van der Waals surface area contributed by atoms with Crippen LogP contribution in [0, 0.1) is 0 Å². The lowest BCUT2D eigenvalue weighted by Crippen LogP contribution is -2.54. The number of hydrogen-bond donors (Lipinski definition) is 1. The predicted octanol–water partition coefficient (Wildman–Crippen LogP) is 1.71. The smallest absolute Gasteiger partial charge is 0.325 e. The van der Waals surface area contributed by atoms with E-state index in [1.807, 2.05) is 13.8 Å². The van der Waals surface area contributed by atoms with E-state index < -0.39 is 0 Å². The zero-order chi connectivity index (χ0) is 15.2. The van der Waals surface area contributed by atoms with Crippen molar-refractivity contribution in [3.63, 3.8) is 0 Å². The molecule has 1 fully saturated rings. The van der Waals surface area contributed by atoms with E-state index in [0.717, 1.165) is 32.2 Å². The van der Waals surface area contributed by atoms with E-state index in [9.17, 15) is 9.59 Å². The lowest BCUT2D eigenvalue weighted by Gasteiger charge is -2.37. The number of rotatable bonds is 6. The van der Waals surface area contributed by atoms with Gasteiger partial charge in [0.25, 0.3) is 0 Å². The number of hydrogen-bond acceptors (Lipinski definition) is 4. The Kier molecular flexibility index (Phi) is 6.46. The largest absolute Gasteiger partial charge is 0.465 e. The number of carbonyl (C=O) groups is 2. The molecule has 0 aromatic carbocycles. The number of nitrogens with one attached hydrogen (secondary N) is 1. The van der Waals surface area contributed by atoms with Crippen molar-refractivity contribution < 1.29 is 14.3 Å². The first-order chi connectivity index (χ1) is 9.42. The molecule has 1 unspecified atom stereocenters. The molecule has 1 amide bonds. The summed E-state index contributed by atoms with van der Waals surface area (Å²) in [7, 11) is 0. The van der Waals surface area contributed by atoms with E-state index >= 15 is 0 Å². The molecular formula is C15H28N2O3. The summed E-state index contributed by atoms with van der Waals surface area (Å²) in [5, 5.41) is 3.29. The second-order valence-electron chi connectivity index (χ2n) is 5.94. The SMILES string of the molecule is CCCNC1CCCC(C)(C)N(CC(=O)OCC)C1=O. The summed E-state index contributed by atoms with van der Waals surface area (Å²) >= 11 is 0. The van der Waals surface area contributed by atoms with Gasteiger partial charge in [-0.1, -0.05) is 6.92 Å². The number of likely N-dealkylation sites (tertiary alicyclic amines) is 1. The van der Waals surface area contributed by atoms with Gasteiger partial charge in [0.15, 0.2) is 0 Å². The van der Waals surface area contributed by atoms with Crippen LogP contribution in [0.1, 0.15) is 53.4 Å². The lowest BCUT2D eigenvalue weighted by atomic mass is 9.97. The highest BCUT2D eigenvalue weighted by atomic mass is 16.5. The molecule has 1 saturated heterocycles. The van der Waals surface area contributed by atoms with Gasteiger partial charge in [0.2, 0.25) is 5.91 Å². The maximum atomic E-state index is 12.7. The summed E-state index contributed by atoms with van der Waals surface area (Å²) in [6.45, 7) is 9.11. The lowest BCUT2D eigenvalue weighted by molar-refractivity contribution is -0.153. The van der Waals surface area contributed by atoms with Gasteiger partial charge < -0.3 is 15.0 Å². The van der Waals surface area contributed by atoms with Crippen LogP contribution in [-0.2, 0) is 14.3 Å². The predicted molar refractivity (Wildman–Crippen MR) is 78.4 cm³/mol. The first-order valence-electron chi connectivity index (χ1n) is 7.62. The van der Waals surface area contributed by atoms with Crippen molar-refractivity contribution in [2.24, 2.45) is 0 Å². The van der Waals surface area contributed by atoms with Crippen molar-refractivity contribution in [1.29, 1.82) is 0 Å². The van der Waals surface area contributed by atoms with Crippen molar-refractivity contribution in [3.8, 4) is 0 Å². The quantitative estimate of drug-likeness (QED) is 0.754. The molecule has 0 saturated carbocycles. The molecule has 1 heterocycles. The van der Waals surface area contributed by atoms with Gasteiger partial charge in [-0.15, -0.1) is 0 Å². The number of amides is 1. The standard InChI is InChI=1S/C15H28N2O3/c1-5-10-16-12-8-7-9-15(3,4)17(14(12)19)11-13(18)20-6-2/h12,16H,5-11H2,1-4H3. The maximum absolute atomic E-state index is 12.7. The van der Waals surface area contributed by atoms with Gasteiger partial charge in [0, 0.05) is 5.54 Å². The van der Waals surface area contributed by atoms with E-state index in [4.69, 9.17) is 4.74 Å². The Hall–Kier alpha value is -1.10. The average Bonchev–Trinajstić information content (AvgIpc) is 2.48. The molecule has 5 nitrogen and oxygen atoms in total. The molecule has 0 aromatic rings. The number of esters is 1. The number of carbonyl (C=O) groups excluding carboxylic acids is 2. The van der Waals surface area contributed by atoms with Crippen molar-refractivity contribution in [1.82, 2.24) is 10.2 Å². The van der Waals surface area contributed by atoms with E-state index in [-0.39, 0.29) is 30.0 Å². The van der Waals surface area contributed by atoms with E-state index in [1.54, 1.807) is 11.8 Å². The molecule has 1 aliphatic heterocycles. The van der Waals surface area contributed by atoms with Crippen LogP contribution in [0.4, 0.5) is 0 Å². The second kappa shape index (κ2) is 7.62. The normalized spacial score (nSPS) is 22.5. The minimum atomic E-state index is -0.329. The first-order valence-corrected chi connectivity index (χ1v) is 7.62. The van der Waals surface area contributed by atoms with Gasteiger partial charge in [-0.05, 0) is 53.0 Å². The highest BCUT2D eigenvalue weighted by Crippen LogP contribution is 2.27. The zero-order valence-electron chi connectivity index (χ0n) is 13.2. The maximum Gasteiger partial charge on any atom is 0.325 e. The van der Waals surface area contributed by atoms with Crippen LogP contribution < -0.4 is 5.32 Å². The summed E-state index contributed by atoms with van der Waals surface area (Å²) < 4.78 is 4.99. The van der Waals surface area contributed by atoms with Gasteiger partial charge in [0.1, 0.15) is 6.54 Å². The van der Waals surface area contributed by atoms with Gasteiger partial charge >= 0.3 is 5.97 Å². The fourth-order valence-corrected chi connectivity index (χ4v) is 2.62. The monoisotopic (exact) mass is 284 g/mol. The molecule has 0 spiro atoms. The molecule has 0 radical (unpaired) electrons. The Labute approximate surface area is 122 Å². The topological polar surface area (TPSA) is 58.6 Å². The van der Waals surface area contributed by atoms with E-state index in [2.05, 4.69) is 12.2 Å². The van der Waals surface area contributed by atoms with Crippen LogP contribution >= 0.6 is 0 Å². The average molecular weight is 284 g/mol. The van der Waals surface area contributed by atoms with Crippen LogP contribution in [-0.4, -0.2) is 48.1 Å². The minimum absolute atomic E-state index is 0.0222. The molecule has 1 rings (SSSR count). The van der Waals surface area contributed by atoms with Crippen molar-refractivity contribution in [2.75, 3.05) is 19.7 Å². The van der Waals surface area contributed by atoms with Gasteiger partial charge in [-0.2, -0.15) is 0 Å². The minimum Gasteiger partial charge on any atom is -0.465 e. The fraction of sp³-hybridized carbons (Fsp3) is 0.867. The van der Waals surface area contributed by atoms with Crippen LogP contribution in [0.3, 0.4) is 0 Å². The number of nitrogens with zero attached hydrogens (tertiary/aromatic N) is 1. The molecule has 1 atom stereocenters. The third-order valence-corrected chi connectivity index (χ3v) is 3.81. The molecule has 116 valence electrons. The first kappa shape index (κ1) is 17.0. The zero-order valence-corrected chi connectivity index (χ0v) is 13.2. The summed E-state index contributed by atoms with van der Waals surface area (Å²) in [5.74, 6) is -0.306. The van der Waals surface area contributed by atoms with Crippen molar-refractivity contribution in [3.05, 3.63) is 0 Å². The van der Waals surface area contributed by atoms with Crippen LogP contribution in [0.15, 0.2) is 0 Å². The summed E-state index contributed by atoms with van der Waals surface area (Å²) in [5.41, 5.74) is -0.299. The van der Waals surface area contributed by atoms with Gasteiger partial charge in [-0.25, -0.2) is 0 Å². The summed E-state index contributed by atoms with van der Waals surface area (Å²) in [6.07, 6.45) is 3.72. The van der Waals surface area contributed by atoms with Gasteiger partial charge in [0.05, 0.1) is 12.6 Å². The third-order valence-electron chi connectivity index (χ3n) is 3.81. The Morgan fingerprint density at radius 3 is 2.75 bits per heavy atom. The van der Waals surface area contributed by atoms with Crippen LogP contribution in [0.2, 0.25) is 0 Å². The van der Waals surface area contributed by atoms with Crippen LogP contribution in [0.5, 0.6) is 0 Å².